The molecule has 16 heavy (non-hydrogen) atoms. The number of ether oxygens (including phenoxy) is 2. The Morgan fingerprint density at radius 1 is 1.19 bits per heavy atom. The molecule has 3 nitrogen and oxygen atoms in total. The number of rotatable bonds is 7. The van der Waals surface area contributed by atoms with Gasteiger partial charge in [-0.15, -0.1) is 0 Å². The summed E-state index contributed by atoms with van der Waals surface area (Å²) in [7, 11) is 2.04. The maximum Gasteiger partial charge on any atom is 0.0731 e. The maximum atomic E-state index is 5.93. The van der Waals surface area contributed by atoms with Gasteiger partial charge in [-0.3, -0.25) is 0 Å². The Morgan fingerprint density at radius 2 is 2.00 bits per heavy atom. The minimum absolute atomic E-state index is 0.379. The zero-order valence-electron chi connectivity index (χ0n) is 11.0. The van der Waals surface area contributed by atoms with E-state index in [4.69, 9.17) is 9.47 Å². The number of hydrogen-bond acceptors (Lipinski definition) is 3. The second-order valence-electron chi connectivity index (χ2n) is 4.59. The van der Waals surface area contributed by atoms with Crippen LogP contribution in [0.25, 0.3) is 0 Å². The standard InChI is InChI=1S/C13H27NO2/c1-4-11-6-7-12(14-3)13(10-11)16-9-8-15-5-2/h11-14H,4-10H2,1-3H3. The van der Waals surface area contributed by atoms with Crippen LogP contribution in [-0.2, 0) is 9.47 Å². The van der Waals surface area contributed by atoms with Gasteiger partial charge in [-0.25, -0.2) is 0 Å². The SMILES string of the molecule is CCOCCOC1CC(CC)CCC1NC. The van der Waals surface area contributed by atoms with Gasteiger partial charge in [0.2, 0.25) is 0 Å². The molecular formula is C13H27NO2. The fourth-order valence-corrected chi connectivity index (χ4v) is 2.50. The lowest BCUT2D eigenvalue weighted by atomic mass is 9.82. The van der Waals surface area contributed by atoms with E-state index in [-0.39, 0.29) is 0 Å². The first-order valence-electron chi connectivity index (χ1n) is 6.68. The van der Waals surface area contributed by atoms with Crippen molar-refractivity contribution in [3.63, 3.8) is 0 Å². The predicted octanol–water partition coefficient (Wildman–Crippen LogP) is 2.21. The fourth-order valence-electron chi connectivity index (χ4n) is 2.50. The predicted molar refractivity (Wildman–Crippen MR) is 66.7 cm³/mol. The molecule has 96 valence electrons. The average molecular weight is 229 g/mol. The van der Waals surface area contributed by atoms with E-state index in [9.17, 15) is 0 Å². The molecule has 0 heterocycles. The van der Waals surface area contributed by atoms with Crippen molar-refractivity contribution in [3.05, 3.63) is 0 Å². The van der Waals surface area contributed by atoms with Crippen LogP contribution in [0.15, 0.2) is 0 Å². The molecule has 0 bridgehead atoms. The minimum atomic E-state index is 0.379. The van der Waals surface area contributed by atoms with Crippen LogP contribution in [0.3, 0.4) is 0 Å². The summed E-state index contributed by atoms with van der Waals surface area (Å²) >= 11 is 0. The average Bonchev–Trinajstić information content (AvgIpc) is 2.34. The van der Waals surface area contributed by atoms with Crippen molar-refractivity contribution in [3.8, 4) is 0 Å². The molecule has 1 aliphatic carbocycles. The third-order valence-corrected chi connectivity index (χ3v) is 3.61. The second kappa shape index (κ2) is 8.04. The summed E-state index contributed by atoms with van der Waals surface area (Å²) < 4.78 is 11.2. The van der Waals surface area contributed by atoms with Crippen LogP contribution in [0, 0.1) is 5.92 Å². The number of likely N-dealkylation sites (N-methyl/N-ethyl adjacent to an activating group) is 1. The molecule has 0 saturated heterocycles. The van der Waals surface area contributed by atoms with Gasteiger partial charge in [0, 0.05) is 12.6 Å². The zero-order valence-corrected chi connectivity index (χ0v) is 11.0. The van der Waals surface area contributed by atoms with Gasteiger partial charge >= 0.3 is 0 Å². The zero-order chi connectivity index (χ0) is 11.8. The van der Waals surface area contributed by atoms with Crippen LogP contribution < -0.4 is 5.32 Å². The van der Waals surface area contributed by atoms with E-state index in [0.717, 1.165) is 25.7 Å². The Hall–Kier alpha value is -0.120. The van der Waals surface area contributed by atoms with Crippen LogP contribution in [0.2, 0.25) is 0 Å². The smallest absolute Gasteiger partial charge is 0.0731 e. The Labute approximate surface area is 99.9 Å². The van der Waals surface area contributed by atoms with Crippen molar-refractivity contribution in [1.29, 1.82) is 0 Å². The van der Waals surface area contributed by atoms with Crippen molar-refractivity contribution < 1.29 is 9.47 Å². The first-order valence-corrected chi connectivity index (χ1v) is 6.68. The van der Waals surface area contributed by atoms with E-state index in [1.165, 1.54) is 25.7 Å². The molecule has 3 unspecified atom stereocenters. The Kier molecular flexibility index (Phi) is 7.01. The summed E-state index contributed by atoms with van der Waals surface area (Å²) in [6, 6.07) is 0.532. The van der Waals surface area contributed by atoms with E-state index in [0.29, 0.717) is 12.1 Å². The molecule has 1 N–H and O–H groups in total. The maximum absolute atomic E-state index is 5.93. The molecule has 3 heteroatoms. The summed E-state index contributed by atoms with van der Waals surface area (Å²) in [5.74, 6) is 0.849. The molecule has 3 atom stereocenters. The quantitative estimate of drug-likeness (QED) is 0.679. The van der Waals surface area contributed by atoms with Crippen molar-refractivity contribution in [2.45, 2.75) is 51.7 Å². The number of nitrogens with one attached hydrogen (secondary N) is 1. The van der Waals surface area contributed by atoms with E-state index in [1.807, 2.05) is 14.0 Å². The van der Waals surface area contributed by atoms with E-state index < -0.39 is 0 Å². The molecule has 0 aromatic rings. The molecule has 1 saturated carbocycles. The van der Waals surface area contributed by atoms with Crippen LogP contribution in [0.5, 0.6) is 0 Å². The highest BCUT2D eigenvalue weighted by Gasteiger charge is 2.29. The fraction of sp³-hybridized carbons (Fsp3) is 1.00. The van der Waals surface area contributed by atoms with Gasteiger partial charge in [-0.2, -0.15) is 0 Å². The Balaban J connectivity index is 2.27. The lowest BCUT2D eigenvalue weighted by Crippen LogP contribution is -2.44. The minimum Gasteiger partial charge on any atom is -0.379 e. The molecule has 0 radical (unpaired) electrons. The van der Waals surface area contributed by atoms with E-state index in [2.05, 4.69) is 12.2 Å². The molecule has 0 aromatic heterocycles. The normalized spacial score (nSPS) is 30.6. The summed E-state index contributed by atoms with van der Waals surface area (Å²) in [5, 5.41) is 3.37. The van der Waals surface area contributed by atoms with E-state index in [1.54, 1.807) is 0 Å². The van der Waals surface area contributed by atoms with Gasteiger partial charge in [-0.05, 0) is 39.2 Å². The second-order valence-corrected chi connectivity index (χ2v) is 4.59. The van der Waals surface area contributed by atoms with Crippen LogP contribution >= 0.6 is 0 Å². The van der Waals surface area contributed by atoms with Gasteiger partial charge in [-0.1, -0.05) is 13.3 Å². The largest absolute Gasteiger partial charge is 0.379 e. The highest BCUT2D eigenvalue weighted by Crippen LogP contribution is 2.28. The van der Waals surface area contributed by atoms with Crippen molar-refractivity contribution >= 4 is 0 Å². The molecule has 0 amide bonds. The first kappa shape index (κ1) is 13.9. The van der Waals surface area contributed by atoms with Crippen molar-refractivity contribution in [2.24, 2.45) is 5.92 Å². The Bertz CT molecular complexity index is 175. The van der Waals surface area contributed by atoms with Crippen molar-refractivity contribution in [2.75, 3.05) is 26.9 Å². The van der Waals surface area contributed by atoms with Gasteiger partial charge in [0.1, 0.15) is 0 Å². The third-order valence-electron chi connectivity index (χ3n) is 3.61. The molecule has 0 aliphatic heterocycles. The lowest BCUT2D eigenvalue weighted by molar-refractivity contribution is -0.0336. The summed E-state index contributed by atoms with van der Waals surface area (Å²) in [6.45, 7) is 6.53. The number of hydrogen-bond donors (Lipinski definition) is 1. The van der Waals surface area contributed by atoms with Gasteiger partial charge in [0.25, 0.3) is 0 Å². The highest BCUT2D eigenvalue weighted by atomic mass is 16.5. The monoisotopic (exact) mass is 229 g/mol. The summed E-state index contributed by atoms with van der Waals surface area (Å²) in [5.41, 5.74) is 0. The molecule has 0 aromatic carbocycles. The third kappa shape index (κ3) is 4.40. The molecule has 0 spiro atoms. The molecule has 1 aliphatic rings. The van der Waals surface area contributed by atoms with Crippen LogP contribution in [0.1, 0.15) is 39.5 Å². The van der Waals surface area contributed by atoms with Crippen molar-refractivity contribution in [1.82, 2.24) is 5.32 Å². The molecule has 1 fully saturated rings. The highest BCUT2D eigenvalue weighted by molar-refractivity contribution is 4.84. The molecule has 1 rings (SSSR count). The topological polar surface area (TPSA) is 30.5 Å². The molecular weight excluding hydrogens is 202 g/mol. The summed E-state index contributed by atoms with van der Waals surface area (Å²) in [6.07, 6.45) is 5.45. The van der Waals surface area contributed by atoms with Gasteiger partial charge in [0.15, 0.2) is 0 Å². The van der Waals surface area contributed by atoms with Crippen LogP contribution in [0.4, 0.5) is 0 Å². The van der Waals surface area contributed by atoms with Crippen LogP contribution in [-0.4, -0.2) is 39.0 Å². The Morgan fingerprint density at radius 3 is 2.62 bits per heavy atom. The summed E-state index contributed by atoms with van der Waals surface area (Å²) in [4.78, 5) is 0. The van der Waals surface area contributed by atoms with Gasteiger partial charge in [0.05, 0.1) is 19.3 Å². The first-order chi connectivity index (χ1) is 7.81. The van der Waals surface area contributed by atoms with Gasteiger partial charge < -0.3 is 14.8 Å². The lowest BCUT2D eigenvalue weighted by Gasteiger charge is -2.35. The van der Waals surface area contributed by atoms with E-state index >= 15 is 0 Å².